The Morgan fingerprint density at radius 1 is 1.11 bits per heavy atom. The van der Waals surface area contributed by atoms with Crippen molar-refractivity contribution < 1.29 is 27.4 Å². The highest BCUT2D eigenvalue weighted by Crippen LogP contribution is 2.41. The van der Waals surface area contributed by atoms with Gasteiger partial charge in [-0.2, -0.15) is 13.2 Å². The number of hydrogen-bond donors (Lipinski definition) is 0. The Morgan fingerprint density at radius 3 is 2.40 bits per heavy atom. The van der Waals surface area contributed by atoms with E-state index in [1.807, 2.05) is 0 Å². The van der Waals surface area contributed by atoms with Gasteiger partial charge in [-0.1, -0.05) is 17.7 Å². The fourth-order valence-corrected chi connectivity index (χ4v) is 3.69. The number of ether oxygens (including phenoxy) is 2. The summed E-state index contributed by atoms with van der Waals surface area (Å²) >= 11 is 5.97. The van der Waals surface area contributed by atoms with Crippen LogP contribution in [0.2, 0.25) is 5.02 Å². The number of carbonyl (C=O) groups is 1. The van der Waals surface area contributed by atoms with Crippen LogP contribution in [0.5, 0.6) is 5.75 Å². The van der Waals surface area contributed by atoms with E-state index in [1.165, 1.54) is 13.3 Å². The zero-order valence-corrected chi connectivity index (χ0v) is 20.3. The molecule has 0 radical (unpaired) electrons. The van der Waals surface area contributed by atoms with Crippen molar-refractivity contribution in [3.8, 4) is 16.9 Å². The molecule has 1 unspecified atom stereocenters. The molecule has 0 spiro atoms. The Kier molecular flexibility index (Phi) is 7.59. The maximum absolute atomic E-state index is 13.7. The van der Waals surface area contributed by atoms with Crippen molar-refractivity contribution in [1.82, 2.24) is 9.55 Å². The second kappa shape index (κ2) is 10.1. The first-order valence-corrected chi connectivity index (χ1v) is 11.0. The van der Waals surface area contributed by atoms with Crippen LogP contribution in [-0.2, 0) is 22.1 Å². The second-order valence-electron chi connectivity index (χ2n) is 8.76. The molecule has 1 atom stereocenters. The zero-order valence-electron chi connectivity index (χ0n) is 19.5. The number of alkyl halides is 3. The van der Waals surface area contributed by atoms with Crippen molar-refractivity contribution in [3.05, 3.63) is 81.5 Å². The summed E-state index contributed by atoms with van der Waals surface area (Å²) in [6.07, 6.45) is -1.93. The van der Waals surface area contributed by atoms with Gasteiger partial charge in [0.2, 0.25) is 0 Å². The van der Waals surface area contributed by atoms with Gasteiger partial charge in [0.15, 0.2) is 0 Å². The number of aromatic nitrogens is 2. The number of halogens is 4. The molecule has 35 heavy (non-hydrogen) atoms. The number of methoxy groups -OCH3 is 1. The Balaban J connectivity index is 2.18. The molecule has 2 heterocycles. The van der Waals surface area contributed by atoms with E-state index in [4.69, 9.17) is 21.1 Å². The molecule has 2 aromatic heterocycles. The molecule has 6 nitrogen and oxygen atoms in total. The fourth-order valence-electron chi connectivity index (χ4n) is 3.51. The minimum Gasteiger partial charge on any atom is -0.495 e. The lowest BCUT2D eigenvalue weighted by Crippen LogP contribution is -2.36. The number of rotatable bonds is 6. The predicted molar refractivity (Wildman–Crippen MR) is 126 cm³/mol. The summed E-state index contributed by atoms with van der Waals surface area (Å²) in [4.78, 5) is 30.5. The Labute approximate surface area is 205 Å². The largest absolute Gasteiger partial charge is 0.495 e. The Bertz CT molecular complexity index is 1270. The van der Waals surface area contributed by atoms with E-state index in [-0.39, 0.29) is 28.3 Å². The molecule has 0 amide bonds. The van der Waals surface area contributed by atoms with Crippen LogP contribution in [0.25, 0.3) is 11.1 Å². The number of esters is 1. The van der Waals surface area contributed by atoms with E-state index in [2.05, 4.69) is 4.98 Å². The maximum Gasteiger partial charge on any atom is 0.417 e. The number of nitrogens with zero attached hydrogens (tertiary/aromatic N) is 2. The summed E-state index contributed by atoms with van der Waals surface area (Å²) in [7, 11) is 1.26. The van der Waals surface area contributed by atoms with E-state index in [0.29, 0.717) is 5.69 Å². The van der Waals surface area contributed by atoms with Gasteiger partial charge in [-0.25, -0.2) is 4.79 Å². The van der Waals surface area contributed by atoms with Crippen LogP contribution in [0.3, 0.4) is 0 Å². The second-order valence-corrected chi connectivity index (χ2v) is 9.20. The van der Waals surface area contributed by atoms with Crippen LogP contribution in [-0.4, -0.2) is 28.2 Å². The average molecular weight is 509 g/mol. The molecule has 0 aliphatic carbocycles. The van der Waals surface area contributed by atoms with Gasteiger partial charge >= 0.3 is 12.1 Å². The highest BCUT2D eigenvalue weighted by molar-refractivity contribution is 6.30. The third-order valence-electron chi connectivity index (χ3n) is 4.98. The Morgan fingerprint density at radius 2 is 1.83 bits per heavy atom. The van der Waals surface area contributed by atoms with Gasteiger partial charge in [0, 0.05) is 35.0 Å². The van der Waals surface area contributed by atoms with Gasteiger partial charge < -0.3 is 9.47 Å². The molecular formula is C25H24ClF3N2O4. The Hall–Kier alpha value is -3.33. The smallest absolute Gasteiger partial charge is 0.417 e. The van der Waals surface area contributed by atoms with Crippen molar-refractivity contribution in [2.24, 2.45) is 0 Å². The molecule has 0 bridgehead atoms. The summed E-state index contributed by atoms with van der Waals surface area (Å²) in [5.41, 5.74) is -2.44. The SMILES string of the molecule is COc1cn(C(Cc2ccccn2)C(=O)OC(C)(C)C)c(=O)cc1-c1cc(Cl)ccc1C(F)(F)F. The minimum absolute atomic E-state index is 0.0170. The summed E-state index contributed by atoms with van der Waals surface area (Å²) < 4.78 is 53.0. The molecule has 0 fully saturated rings. The van der Waals surface area contributed by atoms with Crippen molar-refractivity contribution in [2.45, 2.75) is 45.0 Å². The standard InChI is InChI=1S/C25H24ClF3N2O4/c1-24(2,3)35-23(33)20(12-16-7-5-6-10-30-16)31-14-21(34-4)18(13-22(31)32)17-11-15(26)8-9-19(17)25(27,28)29/h5-11,13-14,20H,12H2,1-4H3. The van der Waals surface area contributed by atoms with Gasteiger partial charge in [0.05, 0.1) is 18.9 Å². The van der Waals surface area contributed by atoms with Crippen molar-refractivity contribution >= 4 is 17.6 Å². The molecule has 0 N–H and O–H groups in total. The number of carbonyl (C=O) groups excluding carboxylic acids is 1. The molecule has 10 heteroatoms. The zero-order chi connectivity index (χ0) is 26.0. The van der Waals surface area contributed by atoms with Gasteiger partial charge in [-0.05, 0) is 56.7 Å². The number of hydrogen-bond acceptors (Lipinski definition) is 5. The summed E-state index contributed by atoms with van der Waals surface area (Å²) in [6.45, 7) is 5.06. The highest BCUT2D eigenvalue weighted by Gasteiger charge is 2.35. The van der Waals surface area contributed by atoms with Crippen LogP contribution >= 0.6 is 11.6 Å². The van der Waals surface area contributed by atoms with E-state index >= 15 is 0 Å². The number of benzene rings is 1. The summed E-state index contributed by atoms with van der Waals surface area (Å²) in [5.74, 6) is -0.745. The first kappa shape index (κ1) is 26.3. The normalized spacial score (nSPS) is 12.8. The first-order chi connectivity index (χ1) is 16.3. The number of pyridine rings is 2. The fraction of sp³-hybridized carbons (Fsp3) is 0.320. The van der Waals surface area contributed by atoms with Crippen LogP contribution in [0.1, 0.15) is 38.1 Å². The van der Waals surface area contributed by atoms with E-state index in [1.54, 1.807) is 45.2 Å². The molecule has 186 valence electrons. The summed E-state index contributed by atoms with van der Waals surface area (Å²) in [5, 5.41) is 0.0565. The molecule has 0 saturated heterocycles. The van der Waals surface area contributed by atoms with Gasteiger partial charge in [0.25, 0.3) is 5.56 Å². The first-order valence-electron chi connectivity index (χ1n) is 10.6. The topological polar surface area (TPSA) is 70.4 Å². The lowest BCUT2D eigenvalue weighted by molar-refractivity contribution is -0.159. The van der Waals surface area contributed by atoms with Crippen molar-refractivity contribution in [3.63, 3.8) is 0 Å². The lowest BCUT2D eigenvalue weighted by Gasteiger charge is -2.26. The van der Waals surface area contributed by atoms with E-state index < -0.39 is 34.9 Å². The predicted octanol–water partition coefficient (Wildman–Crippen LogP) is 5.72. The summed E-state index contributed by atoms with van der Waals surface area (Å²) in [6, 6.07) is 8.06. The van der Waals surface area contributed by atoms with Crippen LogP contribution in [0, 0.1) is 0 Å². The lowest BCUT2D eigenvalue weighted by atomic mass is 9.99. The molecular weight excluding hydrogens is 485 g/mol. The molecule has 3 rings (SSSR count). The minimum atomic E-state index is -4.70. The molecule has 3 aromatic rings. The van der Waals surface area contributed by atoms with E-state index in [0.717, 1.165) is 28.8 Å². The third kappa shape index (κ3) is 6.42. The van der Waals surface area contributed by atoms with Crippen LogP contribution in [0.4, 0.5) is 13.2 Å². The van der Waals surface area contributed by atoms with Gasteiger partial charge in [0.1, 0.15) is 17.4 Å². The highest BCUT2D eigenvalue weighted by atomic mass is 35.5. The quantitative estimate of drug-likeness (QED) is 0.398. The van der Waals surface area contributed by atoms with Crippen molar-refractivity contribution in [2.75, 3.05) is 7.11 Å². The third-order valence-corrected chi connectivity index (χ3v) is 5.22. The molecule has 0 aliphatic rings. The average Bonchev–Trinajstić information content (AvgIpc) is 2.76. The van der Waals surface area contributed by atoms with Crippen molar-refractivity contribution in [1.29, 1.82) is 0 Å². The van der Waals surface area contributed by atoms with E-state index in [9.17, 15) is 22.8 Å². The van der Waals surface area contributed by atoms with Gasteiger partial charge in [-0.3, -0.25) is 14.3 Å². The van der Waals surface area contributed by atoms with Crippen LogP contribution < -0.4 is 10.3 Å². The monoisotopic (exact) mass is 508 g/mol. The molecule has 1 aromatic carbocycles. The molecule has 0 aliphatic heterocycles. The van der Waals surface area contributed by atoms with Crippen LogP contribution in [0.15, 0.2) is 59.7 Å². The van der Waals surface area contributed by atoms with Gasteiger partial charge in [-0.15, -0.1) is 0 Å². The molecule has 0 saturated carbocycles. The maximum atomic E-state index is 13.7.